The number of benzene rings is 1. The van der Waals surface area contributed by atoms with E-state index in [0.717, 1.165) is 19.6 Å². The van der Waals surface area contributed by atoms with Crippen molar-refractivity contribution in [2.45, 2.75) is 19.9 Å². The van der Waals surface area contributed by atoms with Gasteiger partial charge in [-0.05, 0) is 44.6 Å². The van der Waals surface area contributed by atoms with E-state index in [9.17, 15) is 0 Å². The van der Waals surface area contributed by atoms with Crippen molar-refractivity contribution in [1.29, 1.82) is 0 Å². The summed E-state index contributed by atoms with van der Waals surface area (Å²) in [4.78, 5) is 5.04. The van der Waals surface area contributed by atoms with E-state index in [2.05, 4.69) is 60.3 Å². The number of anilines is 1. The highest BCUT2D eigenvalue weighted by Crippen LogP contribution is 2.21. The average molecular weight is 261 g/mol. The summed E-state index contributed by atoms with van der Waals surface area (Å²) in [5.41, 5.74) is 2.70. The smallest absolute Gasteiger partial charge is 0.0392 e. The molecule has 1 heterocycles. The summed E-state index contributed by atoms with van der Waals surface area (Å²) in [5, 5.41) is 3.33. The minimum atomic E-state index is 0.579. The van der Waals surface area contributed by atoms with E-state index in [1.54, 1.807) is 0 Å². The molecular formula is C16H27N3. The van der Waals surface area contributed by atoms with Crippen LogP contribution in [0.25, 0.3) is 0 Å². The molecule has 0 saturated carbocycles. The first kappa shape index (κ1) is 14.4. The van der Waals surface area contributed by atoms with Gasteiger partial charge in [0.25, 0.3) is 0 Å². The van der Waals surface area contributed by atoms with E-state index in [-0.39, 0.29) is 0 Å². The Morgan fingerprint density at radius 3 is 2.74 bits per heavy atom. The third kappa shape index (κ3) is 3.71. The lowest BCUT2D eigenvalue weighted by atomic mass is 10.1. The second-order valence-corrected chi connectivity index (χ2v) is 6.00. The maximum absolute atomic E-state index is 3.33. The van der Waals surface area contributed by atoms with Crippen LogP contribution < -0.4 is 10.2 Å². The van der Waals surface area contributed by atoms with Gasteiger partial charge in [0, 0.05) is 37.9 Å². The lowest BCUT2D eigenvalue weighted by Gasteiger charge is -2.30. The molecule has 19 heavy (non-hydrogen) atoms. The SMILES string of the molecule is CNCC1CN(c2cccc(C)c2)CC(C)CN1C. The number of rotatable bonds is 3. The van der Waals surface area contributed by atoms with E-state index in [0.29, 0.717) is 12.0 Å². The fourth-order valence-electron chi connectivity index (χ4n) is 3.03. The van der Waals surface area contributed by atoms with Crippen LogP contribution in [-0.4, -0.2) is 51.2 Å². The molecule has 0 aliphatic carbocycles. The molecule has 1 saturated heterocycles. The van der Waals surface area contributed by atoms with Crippen molar-refractivity contribution in [3.8, 4) is 0 Å². The number of nitrogens with zero attached hydrogens (tertiary/aromatic N) is 2. The van der Waals surface area contributed by atoms with Gasteiger partial charge in [0.1, 0.15) is 0 Å². The van der Waals surface area contributed by atoms with Crippen molar-refractivity contribution in [2.24, 2.45) is 5.92 Å². The summed E-state index contributed by atoms with van der Waals surface area (Å²) in [7, 11) is 4.29. The van der Waals surface area contributed by atoms with Crippen molar-refractivity contribution in [1.82, 2.24) is 10.2 Å². The second kappa shape index (κ2) is 6.40. The number of hydrogen-bond donors (Lipinski definition) is 1. The molecule has 0 radical (unpaired) electrons. The maximum atomic E-state index is 3.33. The van der Waals surface area contributed by atoms with Crippen molar-refractivity contribution in [3.05, 3.63) is 29.8 Å². The van der Waals surface area contributed by atoms with Crippen molar-refractivity contribution in [2.75, 3.05) is 45.2 Å². The summed E-state index contributed by atoms with van der Waals surface area (Å²) in [5.74, 6) is 0.701. The molecule has 1 aliphatic heterocycles. The molecule has 106 valence electrons. The Morgan fingerprint density at radius 2 is 2.05 bits per heavy atom. The van der Waals surface area contributed by atoms with Gasteiger partial charge in [0.2, 0.25) is 0 Å². The monoisotopic (exact) mass is 261 g/mol. The highest BCUT2D eigenvalue weighted by molar-refractivity contribution is 5.48. The molecule has 0 aromatic heterocycles. The van der Waals surface area contributed by atoms with Crippen molar-refractivity contribution >= 4 is 5.69 Å². The molecule has 1 aliphatic rings. The number of nitrogens with one attached hydrogen (secondary N) is 1. The maximum Gasteiger partial charge on any atom is 0.0392 e. The van der Waals surface area contributed by atoms with Gasteiger partial charge in [0.05, 0.1) is 0 Å². The van der Waals surface area contributed by atoms with E-state index < -0.39 is 0 Å². The molecule has 1 N–H and O–H groups in total. The fourth-order valence-corrected chi connectivity index (χ4v) is 3.03. The van der Waals surface area contributed by atoms with Gasteiger partial charge < -0.3 is 15.1 Å². The van der Waals surface area contributed by atoms with E-state index in [4.69, 9.17) is 0 Å². The van der Waals surface area contributed by atoms with Gasteiger partial charge >= 0.3 is 0 Å². The van der Waals surface area contributed by atoms with Gasteiger partial charge in [-0.25, -0.2) is 0 Å². The minimum absolute atomic E-state index is 0.579. The van der Waals surface area contributed by atoms with E-state index in [1.807, 2.05) is 7.05 Å². The predicted molar refractivity (Wildman–Crippen MR) is 82.9 cm³/mol. The van der Waals surface area contributed by atoms with Crippen LogP contribution in [0, 0.1) is 12.8 Å². The molecule has 2 rings (SSSR count). The van der Waals surface area contributed by atoms with Crippen LogP contribution in [0.3, 0.4) is 0 Å². The number of likely N-dealkylation sites (N-methyl/N-ethyl adjacent to an activating group) is 2. The second-order valence-electron chi connectivity index (χ2n) is 6.00. The predicted octanol–water partition coefficient (Wildman–Crippen LogP) is 1.97. The highest BCUT2D eigenvalue weighted by Gasteiger charge is 2.25. The zero-order valence-corrected chi connectivity index (χ0v) is 12.7. The molecule has 2 atom stereocenters. The first-order chi connectivity index (χ1) is 9.10. The quantitative estimate of drug-likeness (QED) is 0.897. The number of hydrogen-bond acceptors (Lipinski definition) is 3. The number of aryl methyl sites for hydroxylation is 1. The molecule has 0 amide bonds. The standard InChI is InChI=1S/C16H27N3/c1-13-6-5-7-15(8-13)19-11-14(2)10-18(4)16(12-19)9-17-3/h5-8,14,16-17H,9-12H2,1-4H3. The molecule has 0 spiro atoms. The third-order valence-electron chi connectivity index (χ3n) is 3.99. The lowest BCUT2D eigenvalue weighted by molar-refractivity contribution is 0.236. The van der Waals surface area contributed by atoms with Crippen LogP contribution in [0.1, 0.15) is 12.5 Å². The Balaban J connectivity index is 2.18. The van der Waals surface area contributed by atoms with Crippen LogP contribution >= 0.6 is 0 Å². The Labute approximate surface area is 117 Å². The van der Waals surface area contributed by atoms with Gasteiger partial charge in [-0.3, -0.25) is 0 Å². The topological polar surface area (TPSA) is 18.5 Å². The van der Waals surface area contributed by atoms with Crippen LogP contribution in [0.5, 0.6) is 0 Å². The van der Waals surface area contributed by atoms with Crippen LogP contribution in [0.15, 0.2) is 24.3 Å². The molecule has 0 bridgehead atoms. The first-order valence-corrected chi connectivity index (χ1v) is 7.26. The fraction of sp³-hybridized carbons (Fsp3) is 0.625. The minimum Gasteiger partial charge on any atom is -0.370 e. The van der Waals surface area contributed by atoms with Gasteiger partial charge in [-0.1, -0.05) is 19.1 Å². The Bertz CT molecular complexity index is 405. The summed E-state index contributed by atoms with van der Waals surface area (Å²) < 4.78 is 0. The lowest BCUT2D eigenvalue weighted by Crippen LogP contribution is -2.44. The Kier molecular flexibility index (Phi) is 4.83. The zero-order chi connectivity index (χ0) is 13.8. The third-order valence-corrected chi connectivity index (χ3v) is 3.99. The van der Waals surface area contributed by atoms with Crippen LogP contribution in [0.4, 0.5) is 5.69 Å². The van der Waals surface area contributed by atoms with Crippen LogP contribution in [0.2, 0.25) is 0 Å². The largest absolute Gasteiger partial charge is 0.370 e. The molecule has 3 heteroatoms. The first-order valence-electron chi connectivity index (χ1n) is 7.26. The summed E-state index contributed by atoms with van der Waals surface area (Å²) in [6, 6.07) is 9.45. The van der Waals surface area contributed by atoms with E-state index >= 15 is 0 Å². The Morgan fingerprint density at radius 1 is 1.26 bits per heavy atom. The molecule has 1 aromatic rings. The molecule has 1 aromatic carbocycles. The van der Waals surface area contributed by atoms with Gasteiger partial charge in [-0.15, -0.1) is 0 Å². The zero-order valence-electron chi connectivity index (χ0n) is 12.7. The van der Waals surface area contributed by atoms with E-state index in [1.165, 1.54) is 17.8 Å². The van der Waals surface area contributed by atoms with Crippen molar-refractivity contribution < 1.29 is 0 Å². The van der Waals surface area contributed by atoms with Crippen LogP contribution in [-0.2, 0) is 0 Å². The highest BCUT2D eigenvalue weighted by atomic mass is 15.2. The molecule has 3 nitrogen and oxygen atoms in total. The molecule has 1 fully saturated rings. The van der Waals surface area contributed by atoms with Gasteiger partial charge in [0.15, 0.2) is 0 Å². The van der Waals surface area contributed by atoms with Crippen molar-refractivity contribution in [3.63, 3.8) is 0 Å². The summed E-state index contributed by atoms with van der Waals surface area (Å²) >= 11 is 0. The summed E-state index contributed by atoms with van der Waals surface area (Å²) in [6.07, 6.45) is 0. The summed E-state index contributed by atoms with van der Waals surface area (Å²) in [6.45, 7) is 8.99. The Hall–Kier alpha value is -1.06. The molecule has 2 unspecified atom stereocenters. The van der Waals surface area contributed by atoms with Gasteiger partial charge in [-0.2, -0.15) is 0 Å². The molecular weight excluding hydrogens is 234 g/mol. The average Bonchev–Trinajstić information content (AvgIpc) is 2.49. The normalized spacial score (nSPS) is 25.4.